The first-order valence-electron chi connectivity index (χ1n) is 13.3. The van der Waals surface area contributed by atoms with Gasteiger partial charge in [-0.2, -0.15) is 0 Å². The Bertz CT molecular complexity index is 1010. The summed E-state index contributed by atoms with van der Waals surface area (Å²) in [5, 5.41) is 6.27. The van der Waals surface area contributed by atoms with Crippen molar-refractivity contribution in [3.8, 4) is 5.75 Å². The zero-order chi connectivity index (χ0) is 24.0. The lowest BCUT2D eigenvalue weighted by molar-refractivity contribution is -0.136. The number of nitrogens with one attached hydrogen (secondary N) is 2. The smallest absolute Gasteiger partial charge is 0.255 e. The van der Waals surface area contributed by atoms with Crippen molar-refractivity contribution in [2.75, 3.05) is 13.2 Å². The average Bonchev–Trinajstić information content (AvgIpc) is 3.15. The number of benzene rings is 1. The minimum Gasteiger partial charge on any atom is -0.489 e. The molecule has 2 saturated carbocycles. The maximum Gasteiger partial charge on any atom is 0.255 e. The summed E-state index contributed by atoms with van der Waals surface area (Å²) in [7, 11) is 0. The highest BCUT2D eigenvalue weighted by Gasteiger charge is 2.46. The van der Waals surface area contributed by atoms with Crippen molar-refractivity contribution in [2.24, 2.45) is 5.41 Å². The molecule has 4 fully saturated rings. The maximum atomic E-state index is 13.0. The predicted molar refractivity (Wildman–Crippen MR) is 128 cm³/mol. The SMILES string of the molecule is O=C1CCC(N2Cc3cc(O[C@@H]4CCCC[C@H]4NC4CC5(CCOCC5)C4)ccc3C2=O)C(=O)N1. The third-order valence-electron chi connectivity index (χ3n) is 8.85. The third-order valence-corrected chi connectivity index (χ3v) is 8.85. The molecule has 0 aromatic heterocycles. The second kappa shape index (κ2) is 9.21. The summed E-state index contributed by atoms with van der Waals surface area (Å²) in [4.78, 5) is 38.4. The second-order valence-electron chi connectivity index (χ2n) is 11.2. The summed E-state index contributed by atoms with van der Waals surface area (Å²) in [5.74, 6) is -0.0136. The van der Waals surface area contributed by atoms with Crippen LogP contribution in [0.15, 0.2) is 18.2 Å². The maximum absolute atomic E-state index is 13.0. The van der Waals surface area contributed by atoms with Gasteiger partial charge in [-0.3, -0.25) is 19.7 Å². The largest absolute Gasteiger partial charge is 0.489 e. The number of carbonyl (C=O) groups excluding carboxylic acids is 3. The molecule has 188 valence electrons. The molecule has 3 amide bonds. The molecule has 3 aliphatic heterocycles. The molecule has 1 unspecified atom stereocenters. The van der Waals surface area contributed by atoms with E-state index < -0.39 is 6.04 Å². The molecule has 0 radical (unpaired) electrons. The fraction of sp³-hybridized carbons (Fsp3) is 0.667. The zero-order valence-corrected chi connectivity index (χ0v) is 20.2. The standard InChI is InChI=1S/C27H35N3O5/c31-24-8-7-22(25(32)29-24)30-16-17-13-19(5-6-20(17)26(30)33)35-23-4-2-1-3-21(23)28-18-14-27(15-18)9-11-34-12-10-27/h5-6,13,18,21-23,28H,1-4,7-12,14-16H2,(H,29,31,32)/t21-,22?,23-/m1/s1. The van der Waals surface area contributed by atoms with Gasteiger partial charge in [-0.15, -0.1) is 0 Å². The van der Waals surface area contributed by atoms with Crippen LogP contribution in [0.25, 0.3) is 0 Å². The van der Waals surface area contributed by atoms with Gasteiger partial charge >= 0.3 is 0 Å². The Kier molecular flexibility index (Phi) is 6.05. The number of amides is 3. The van der Waals surface area contributed by atoms with Crippen LogP contribution < -0.4 is 15.4 Å². The van der Waals surface area contributed by atoms with Gasteiger partial charge in [0.1, 0.15) is 17.9 Å². The fourth-order valence-electron chi connectivity index (χ4n) is 6.85. The molecule has 6 rings (SSSR count). The number of hydrogen-bond donors (Lipinski definition) is 2. The van der Waals surface area contributed by atoms with Crippen LogP contribution >= 0.6 is 0 Å². The highest BCUT2D eigenvalue weighted by Crippen LogP contribution is 2.49. The molecule has 2 aliphatic carbocycles. The number of ether oxygens (including phenoxy) is 2. The summed E-state index contributed by atoms with van der Waals surface area (Å²) in [6.07, 6.45) is 10.2. The molecule has 3 atom stereocenters. The molecule has 1 aromatic rings. The molecule has 2 saturated heterocycles. The molecule has 1 aromatic carbocycles. The van der Waals surface area contributed by atoms with Gasteiger partial charge in [0.15, 0.2) is 0 Å². The number of rotatable bonds is 5. The summed E-state index contributed by atoms with van der Waals surface area (Å²) < 4.78 is 12.1. The Balaban J connectivity index is 1.09. The van der Waals surface area contributed by atoms with Gasteiger partial charge < -0.3 is 19.7 Å². The number of nitrogens with zero attached hydrogens (tertiary/aromatic N) is 1. The van der Waals surface area contributed by atoms with E-state index >= 15 is 0 Å². The van der Waals surface area contributed by atoms with Gasteiger partial charge in [0, 0.05) is 43.8 Å². The normalized spacial score (nSPS) is 30.7. The number of hydrogen-bond acceptors (Lipinski definition) is 6. The quantitative estimate of drug-likeness (QED) is 0.628. The van der Waals surface area contributed by atoms with E-state index in [1.807, 2.05) is 18.2 Å². The van der Waals surface area contributed by atoms with Crippen LogP contribution in [0.3, 0.4) is 0 Å². The topological polar surface area (TPSA) is 97.0 Å². The Morgan fingerprint density at radius 2 is 1.86 bits per heavy atom. The lowest BCUT2D eigenvalue weighted by Gasteiger charge is -2.52. The molecule has 0 bridgehead atoms. The van der Waals surface area contributed by atoms with Crippen molar-refractivity contribution >= 4 is 17.7 Å². The number of imide groups is 1. The Morgan fingerprint density at radius 3 is 2.66 bits per heavy atom. The molecule has 1 spiro atoms. The van der Waals surface area contributed by atoms with E-state index in [0.717, 1.165) is 37.4 Å². The van der Waals surface area contributed by atoms with E-state index in [1.165, 1.54) is 38.5 Å². The molecular formula is C27H35N3O5. The van der Waals surface area contributed by atoms with Crippen LogP contribution in [0.1, 0.15) is 80.1 Å². The van der Waals surface area contributed by atoms with Crippen LogP contribution in [0.4, 0.5) is 0 Å². The van der Waals surface area contributed by atoms with Crippen molar-refractivity contribution < 1.29 is 23.9 Å². The minimum atomic E-state index is -0.592. The summed E-state index contributed by atoms with van der Waals surface area (Å²) >= 11 is 0. The predicted octanol–water partition coefficient (Wildman–Crippen LogP) is 2.69. The van der Waals surface area contributed by atoms with Crippen LogP contribution in [-0.4, -0.2) is 60.1 Å². The number of carbonyl (C=O) groups is 3. The highest BCUT2D eigenvalue weighted by atomic mass is 16.5. The lowest BCUT2D eigenvalue weighted by Crippen LogP contribution is -2.57. The Hall–Kier alpha value is -2.45. The first-order valence-corrected chi connectivity index (χ1v) is 13.3. The molecule has 8 heteroatoms. The first kappa shape index (κ1) is 23.0. The average molecular weight is 482 g/mol. The molecule has 5 aliphatic rings. The monoisotopic (exact) mass is 481 g/mol. The van der Waals surface area contributed by atoms with Crippen LogP contribution in [0, 0.1) is 5.41 Å². The van der Waals surface area contributed by atoms with Gasteiger partial charge in [0.25, 0.3) is 5.91 Å². The van der Waals surface area contributed by atoms with Crippen molar-refractivity contribution in [3.63, 3.8) is 0 Å². The van der Waals surface area contributed by atoms with Gasteiger partial charge in [0.05, 0.1) is 0 Å². The minimum absolute atomic E-state index is 0.122. The fourth-order valence-corrected chi connectivity index (χ4v) is 6.85. The summed E-state index contributed by atoms with van der Waals surface area (Å²) in [6, 6.07) is 6.00. The van der Waals surface area contributed by atoms with Crippen molar-refractivity contribution in [3.05, 3.63) is 29.3 Å². The van der Waals surface area contributed by atoms with E-state index in [4.69, 9.17) is 9.47 Å². The van der Waals surface area contributed by atoms with E-state index in [-0.39, 0.29) is 30.2 Å². The highest BCUT2D eigenvalue weighted by molar-refractivity contribution is 6.05. The lowest BCUT2D eigenvalue weighted by atomic mass is 9.61. The molecular weight excluding hydrogens is 446 g/mol. The molecule has 2 N–H and O–H groups in total. The first-order chi connectivity index (χ1) is 17.0. The van der Waals surface area contributed by atoms with Gasteiger partial charge in [-0.25, -0.2) is 0 Å². The van der Waals surface area contributed by atoms with Gasteiger partial charge in [0.2, 0.25) is 11.8 Å². The second-order valence-corrected chi connectivity index (χ2v) is 11.2. The van der Waals surface area contributed by atoms with E-state index in [1.54, 1.807) is 4.90 Å². The van der Waals surface area contributed by atoms with E-state index in [0.29, 0.717) is 36.0 Å². The molecule has 8 nitrogen and oxygen atoms in total. The summed E-state index contributed by atoms with van der Waals surface area (Å²) in [5.41, 5.74) is 2.01. The van der Waals surface area contributed by atoms with Gasteiger partial charge in [-0.1, -0.05) is 6.42 Å². The van der Waals surface area contributed by atoms with Crippen molar-refractivity contribution in [1.82, 2.24) is 15.5 Å². The Morgan fingerprint density at radius 1 is 1.06 bits per heavy atom. The number of piperidine rings is 1. The van der Waals surface area contributed by atoms with Gasteiger partial charge in [-0.05, 0) is 80.5 Å². The molecule has 3 heterocycles. The van der Waals surface area contributed by atoms with Crippen LogP contribution in [0.2, 0.25) is 0 Å². The van der Waals surface area contributed by atoms with Crippen molar-refractivity contribution in [2.45, 2.75) is 95.0 Å². The summed E-state index contributed by atoms with van der Waals surface area (Å²) in [6.45, 7) is 2.19. The van der Waals surface area contributed by atoms with Crippen molar-refractivity contribution in [1.29, 1.82) is 0 Å². The van der Waals surface area contributed by atoms with E-state index in [9.17, 15) is 14.4 Å². The van der Waals surface area contributed by atoms with Crippen LogP contribution in [0.5, 0.6) is 5.75 Å². The number of fused-ring (bicyclic) bond motifs is 1. The van der Waals surface area contributed by atoms with E-state index in [2.05, 4.69) is 10.6 Å². The zero-order valence-electron chi connectivity index (χ0n) is 20.2. The van der Waals surface area contributed by atoms with Crippen LogP contribution in [-0.2, 0) is 20.9 Å². The molecule has 35 heavy (non-hydrogen) atoms. The third kappa shape index (κ3) is 4.47. The Labute approximate surface area is 206 Å².